The van der Waals surface area contributed by atoms with Crippen molar-refractivity contribution in [2.24, 2.45) is 11.1 Å². The van der Waals surface area contributed by atoms with E-state index in [1.54, 1.807) is 0 Å². The van der Waals surface area contributed by atoms with Crippen LogP contribution in [0.15, 0.2) is 0 Å². The van der Waals surface area contributed by atoms with E-state index in [-0.39, 0.29) is 12.4 Å². The van der Waals surface area contributed by atoms with Crippen LogP contribution in [0, 0.1) is 5.41 Å². The van der Waals surface area contributed by atoms with Gasteiger partial charge in [-0.2, -0.15) is 0 Å². The number of hydrogen-bond acceptors (Lipinski definition) is 1. The quantitative estimate of drug-likeness (QED) is 0.695. The van der Waals surface area contributed by atoms with Gasteiger partial charge in [0.2, 0.25) is 6.43 Å². The zero-order valence-corrected chi connectivity index (χ0v) is 7.05. The maximum atomic E-state index is 11.9. The summed E-state index contributed by atoms with van der Waals surface area (Å²) in [4.78, 5) is 0. The van der Waals surface area contributed by atoms with Gasteiger partial charge in [0.15, 0.2) is 0 Å². The van der Waals surface area contributed by atoms with Crippen LogP contribution in [0.3, 0.4) is 0 Å². The Morgan fingerprint density at radius 3 is 1.90 bits per heavy atom. The van der Waals surface area contributed by atoms with Crippen molar-refractivity contribution < 1.29 is 8.78 Å². The van der Waals surface area contributed by atoms with Crippen LogP contribution in [-0.2, 0) is 0 Å². The molecule has 0 unspecified atom stereocenters. The second-order valence-corrected chi connectivity index (χ2v) is 2.83. The lowest BCUT2D eigenvalue weighted by atomic mass is 9.90. The fourth-order valence-electron chi connectivity index (χ4n) is 0.481. The molecular formula is C6H14ClF2N. The summed E-state index contributed by atoms with van der Waals surface area (Å²) in [6.07, 6.45) is -1.88. The lowest BCUT2D eigenvalue weighted by Gasteiger charge is -2.21. The molecule has 0 aromatic heterocycles. The topological polar surface area (TPSA) is 26.0 Å². The Morgan fingerprint density at radius 2 is 1.80 bits per heavy atom. The third kappa shape index (κ3) is 4.01. The highest BCUT2D eigenvalue weighted by molar-refractivity contribution is 5.85. The van der Waals surface area contributed by atoms with Gasteiger partial charge in [0, 0.05) is 5.41 Å². The summed E-state index contributed by atoms with van der Waals surface area (Å²) in [6.45, 7) is 3.37. The Labute approximate surface area is 66.4 Å². The van der Waals surface area contributed by atoms with E-state index in [1.807, 2.05) is 0 Å². The van der Waals surface area contributed by atoms with Gasteiger partial charge in [-0.1, -0.05) is 13.8 Å². The summed E-state index contributed by atoms with van der Waals surface area (Å²) in [5.74, 6) is 0. The maximum absolute atomic E-state index is 11.9. The summed E-state index contributed by atoms with van der Waals surface area (Å²) in [6, 6.07) is 0. The molecule has 10 heavy (non-hydrogen) atoms. The first-order chi connectivity index (χ1) is 4.00. The number of halogens is 3. The van der Waals surface area contributed by atoms with Crippen LogP contribution in [0.25, 0.3) is 0 Å². The lowest BCUT2D eigenvalue weighted by molar-refractivity contribution is 0.0157. The minimum atomic E-state index is -2.26. The highest BCUT2D eigenvalue weighted by Crippen LogP contribution is 2.27. The van der Waals surface area contributed by atoms with E-state index in [0.717, 1.165) is 0 Å². The van der Waals surface area contributed by atoms with Gasteiger partial charge in [-0.3, -0.25) is 0 Å². The van der Waals surface area contributed by atoms with E-state index in [1.165, 1.54) is 13.8 Å². The van der Waals surface area contributed by atoms with Gasteiger partial charge in [0.05, 0.1) is 0 Å². The summed E-state index contributed by atoms with van der Waals surface area (Å²) in [5, 5.41) is 0. The molecule has 0 aliphatic carbocycles. The van der Waals surface area contributed by atoms with Gasteiger partial charge >= 0.3 is 0 Å². The number of hydrogen-bond donors (Lipinski definition) is 1. The normalized spacial score (nSPS) is 11.4. The molecule has 0 aromatic rings. The van der Waals surface area contributed by atoms with E-state index < -0.39 is 11.8 Å². The summed E-state index contributed by atoms with van der Waals surface area (Å²) in [7, 11) is 0. The first-order valence-corrected chi connectivity index (χ1v) is 2.99. The molecule has 0 spiro atoms. The number of alkyl halides is 2. The molecule has 1 nitrogen and oxygen atoms in total. The molecule has 0 fully saturated rings. The molecule has 4 heteroatoms. The molecule has 0 rings (SSSR count). The molecular weight excluding hydrogens is 160 g/mol. The Morgan fingerprint density at radius 1 is 1.40 bits per heavy atom. The second-order valence-electron chi connectivity index (χ2n) is 2.83. The van der Waals surface area contributed by atoms with Crippen molar-refractivity contribution in [3.8, 4) is 0 Å². The van der Waals surface area contributed by atoms with Crippen molar-refractivity contribution in [1.82, 2.24) is 0 Å². The van der Waals surface area contributed by atoms with Crippen LogP contribution < -0.4 is 5.73 Å². The first kappa shape index (κ1) is 12.8. The minimum Gasteiger partial charge on any atom is -0.330 e. The summed E-state index contributed by atoms with van der Waals surface area (Å²) < 4.78 is 23.9. The predicted octanol–water partition coefficient (Wildman–Crippen LogP) is 2.05. The monoisotopic (exact) mass is 173 g/mol. The zero-order valence-electron chi connectivity index (χ0n) is 6.23. The van der Waals surface area contributed by atoms with Crippen LogP contribution in [0.5, 0.6) is 0 Å². The molecule has 0 aromatic carbocycles. The van der Waals surface area contributed by atoms with Gasteiger partial charge in [-0.15, -0.1) is 12.4 Å². The third-order valence-electron chi connectivity index (χ3n) is 1.38. The van der Waals surface area contributed by atoms with E-state index in [4.69, 9.17) is 5.73 Å². The Kier molecular flexibility index (Phi) is 6.19. The van der Waals surface area contributed by atoms with E-state index in [2.05, 4.69) is 0 Å². The fourth-order valence-corrected chi connectivity index (χ4v) is 0.481. The molecule has 0 atom stereocenters. The summed E-state index contributed by atoms with van der Waals surface area (Å²) in [5.41, 5.74) is 4.21. The van der Waals surface area contributed by atoms with Crippen LogP contribution in [0.4, 0.5) is 8.78 Å². The highest BCUT2D eigenvalue weighted by Gasteiger charge is 2.27. The van der Waals surface area contributed by atoms with Gasteiger partial charge in [-0.25, -0.2) is 8.78 Å². The Bertz CT molecular complexity index is 85.8. The minimum absolute atomic E-state index is 0. The zero-order chi connectivity index (χ0) is 7.49. The lowest BCUT2D eigenvalue weighted by Crippen LogP contribution is -2.24. The molecule has 0 bridgehead atoms. The predicted molar refractivity (Wildman–Crippen MR) is 40.7 cm³/mol. The van der Waals surface area contributed by atoms with Crippen molar-refractivity contribution >= 4 is 12.4 Å². The largest absolute Gasteiger partial charge is 0.330 e. The average Bonchev–Trinajstić information content (AvgIpc) is 1.65. The van der Waals surface area contributed by atoms with Gasteiger partial charge < -0.3 is 5.73 Å². The van der Waals surface area contributed by atoms with Crippen LogP contribution in [0.2, 0.25) is 0 Å². The molecule has 0 aliphatic rings. The van der Waals surface area contributed by atoms with Crippen molar-refractivity contribution in [2.75, 3.05) is 6.54 Å². The van der Waals surface area contributed by atoms with Gasteiger partial charge in [0.1, 0.15) is 0 Å². The van der Waals surface area contributed by atoms with Crippen molar-refractivity contribution in [3.05, 3.63) is 0 Å². The molecule has 0 saturated heterocycles. The van der Waals surface area contributed by atoms with E-state index in [9.17, 15) is 8.78 Å². The van der Waals surface area contributed by atoms with Crippen LogP contribution in [0.1, 0.15) is 20.3 Å². The molecule has 0 heterocycles. The standard InChI is InChI=1S/C6H13F2N.ClH/c1-6(2,3-4-9)5(7)8;/h5H,3-4,9H2,1-2H3;1H. The van der Waals surface area contributed by atoms with Crippen molar-refractivity contribution in [2.45, 2.75) is 26.7 Å². The van der Waals surface area contributed by atoms with Gasteiger partial charge in [0.25, 0.3) is 0 Å². The van der Waals surface area contributed by atoms with E-state index in [0.29, 0.717) is 13.0 Å². The highest BCUT2D eigenvalue weighted by atomic mass is 35.5. The average molecular weight is 174 g/mol. The smallest absolute Gasteiger partial charge is 0.243 e. The molecule has 0 saturated carbocycles. The SMILES string of the molecule is CC(C)(CCN)C(F)F.Cl. The van der Waals surface area contributed by atoms with Crippen molar-refractivity contribution in [1.29, 1.82) is 0 Å². The maximum Gasteiger partial charge on any atom is 0.243 e. The molecule has 0 radical (unpaired) electrons. The number of rotatable bonds is 3. The number of nitrogens with two attached hydrogens (primary N) is 1. The molecule has 2 N–H and O–H groups in total. The van der Waals surface area contributed by atoms with Gasteiger partial charge in [-0.05, 0) is 13.0 Å². The molecule has 0 aliphatic heterocycles. The third-order valence-corrected chi connectivity index (χ3v) is 1.38. The molecule has 0 amide bonds. The Hall–Kier alpha value is 0.110. The van der Waals surface area contributed by atoms with Crippen molar-refractivity contribution in [3.63, 3.8) is 0 Å². The fraction of sp³-hybridized carbons (Fsp3) is 1.00. The van der Waals surface area contributed by atoms with Crippen LogP contribution >= 0.6 is 12.4 Å². The van der Waals surface area contributed by atoms with Crippen LogP contribution in [-0.4, -0.2) is 13.0 Å². The second kappa shape index (κ2) is 4.85. The van der Waals surface area contributed by atoms with E-state index >= 15 is 0 Å². The molecule has 64 valence electrons. The Balaban J connectivity index is 0. The summed E-state index contributed by atoms with van der Waals surface area (Å²) >= 11 is 0. The first-order valence-electron chi connectivity index (χ1n) is 2.99.